The molecule has 0 saturated carbocycles. The van der Waals surface area contributed by atoms with E-state index in [-0.39, 0.29) is 11.6 Å². The first kappa shape index (κ1) is 14.4. The number of anilines is 1. The molecule has 21 heavy (non-hydrogen) atoms. The Balaban J connectivity index is 2.06. The van der Waals surface area contributed by atoms with Crippen molar-refractivity contribution in [2.75, 3.05) is 5.32 Å². The van der Waals surface area contributed by atoms with Crippen LogP contribution in [0, 0.1) is 10.1 Å². The number of non-ortho nitro benzene ring substituents is 1. The Morgan fingerprint density at radius 2 is 1.76 bits per heavy atom. The summed E-state index contributed by atoms with van der Waals surface area (Å²) in [5.74, 6) is -0.128. The molecule has 2 aromatic rings. The van der Waals surface area contributed by atoms with Gasteiger partial charge in [0.1, 0.15) is 0 Å². The van der Waals surface area contributed by atoms with E-state index in [1.54, 1.807) is 42.6 Å². The highest BCUT2D eigenvalue weighted by atomic mass is 16.6. The molecule has 0 aliphatic carbocycles. The monoisotopic (exact) mass is 283 g/mol. The molecule has 2 rings (SSSR count). The summed E-state index contributed by atoms with van der Waals surface area (Å²) in [5, 5.41) is 13.2. The number of carbonyl (C=O) groups is 1. The van der Waals surface area contributed by atoms with Crippen molar-refractivity contribution in [1.82, 2.24) is 0 Å². The fourth-order valence-corrected chi connectivity index (χ4v) is 1.67. The predicted octanol–water partition coefficient (Wildman–Crippen LogP) is 3.30. The topological polar surface area (TPSA) is 84.6 Å². The molecule has 0 radical (unpaired) electrons. The van der Waals surface area contributed by atoms with Crippen LogP contribution in [0.5, 0.6) is 0 Å². The lowest BCUT2D eigenvalue weighted by Crippen LogP contribution is -2.04. The molecule has 0 heterocycles. The first-order chi connectivity index (χ1) is 10.0. The second-order valence-electron chi connectivity index (χ2n) is 4.33. The number of nitro groups is 1. The van der Waals surface area contributed by atoms with Crippen molar-refractivity contribution in [3.63, 3.8) is 0 Å². The summed E-state index contributed by atoms with van der Waals surface area (Å²) in [6, 6.07) is 13.2. The molecular weight excluding hydrogens is 270 g/mol. The Morgan fingerprint density at radius 3 is 2.29 bits per heavy atom. The van der Waals surface area contributed by atoms with Gasteiger partial charge in [0, 0.05) is 31.0 Å². The second kappa shape index (κ2) is 6.42. The van der Waals surface area contributed by atoms with Gasteiger partial charge in [-0.15, -0.1) is 0 Å². The molecule has 0 aromatic heterocycles. The molecule has 0 atom stereocenters. The van der Waals surface area contributed by atoms with Gasteiger partial charge in [0.25, 0.3) is 5.69 Å². The van der Waals surface area contributed by atoms with E-state index in [1.807, 2.05) is 0 Å². The standard InChI is InChI=1S/C15H13N3O3/c1-11(19)17-14-6-4-13(5-7-14)16-10-12-2-8-15(9-3-12)18(20)21/h2-10H,1H3,(H,17,19)/b16-10+. The number of hydrogen-bond acceptors (Lipinski definition) is 4. The molecule has 1 amide bonds. The molecule has 1 N–H and O–H groups in total. The van der Waals surface area contributed by atoms with Crippen LogP contribution in [-0.2, 0) is 4.79 Å². The summed E-state index contributed by atoms with van der Waals surface area (Å²) in [4.78, 5) is 25.3. The summed E-state index contributed by atoms with van der Waals surface area (Å²) in [6.07, 6.45) is 1.62. The minimum absolute atomic E-state index is 0.0480. The third-order valence-electron chi connectivity index (χ3n) is 2.65. The highest BCUT2D eigenvalue weighted by Gasteiger charge is 2.02. The molecule has 0 bridgehead atoms. The Morgan fingerprint density at radius 1 is 1.14 bits per heavy atom. The normalized spacial score (nSPS) is 10.5. The quantitative estimate of drug-likeness (QED) is 0.530. The Kier molecular flexibility index (Phi) is 4.40. The number of aliphatic imine (C=N–C) groups is 1. The number of benzene rings is 2. The van der Waals surface area contributed by atoms with Gasteiger partial charge in [0.2, 0.25) is 5.91 Å². The zero-order chi connectivity index (χ0) is 15.2. The number of nitrogens with one attached hydrogen (secondary N) is 1. The van der Waals surface area contributed by atoms with Crippen LogP contribution in [0.25, 0.3) is 0 Å². The zero-order valence-corrected chi connectivity index (χ0v) is 11.3. The fourth-order valence-electron chi connectivity index (χ4n) is 1.67. The lowest BCUT2D eigenvalue weighted by molar-refractivity contribution is -0.384. The molecule has 6 heteroatoms. The molecule has 0 unspecified atom stereocenters. The van der Waals surface area contributed by atoms with Crippen LogP contribution < -0.4 is 5.32 Å². The maximum atomic E-state index is 10.9. The minimum atomic E-state index is -0.443. The van der Waals surface area contributed by atoms with E-state index in [9.17, 15) is 14.9 Å². The first-order valence-electron chi connectivity index (χ1n) is 6.21. The van der Waals surface area contributed by atoms with E-state index in [1.165, 1.54) is 19.1 Å². The van der Waals surface area contributed by atoms with Crippen LogP contribution in [0.2, 0.25) is 0 Å². The van der Waals surface area contributed by atoms with Crippen molar-refractivity contribution >= 4 is 29.2 Å². The minimum Gasteiger partial charge on any atom is -0.326 e. The van der Waals surface area contributed by atoms with Crippen LogP contribution in [0.3, 0.4) is 0 Å². The molecule has 2 aromatic carbocycles. The molecular formula is C15H13N3O3. The van der Waals surface area contributed by atoms with Crippen LogP contribution >= 0.6 is 0 Å². The summed E-state index contributed by atoms with van der Waals surface area (Å²) in [5.41, 5.74) is 2.25. The van der Waals surface area contributed by atoms with Crippen molar-refractivity contribution < 1.29 is 9.72 Å². The third kappa shape index (κ3) is 4.24. The van der Waals surface area contributed by atoms with Gasteiger partial charge in [-0.25, -0.2) is 0 Å². The van der Waals surface area contributed by atoms with Crippen molar-refractivity contribution in [3.05, 3.63) is 64.2 Å². The summed E-state index contributed by atoms with van der Waals surface area (Å²) in [6.45, 7) is 1.45. The van der Waals surface area contributed by atoms with Gasteiger partial charge in [0.05, 0.1) is 10.6 Å². The molecule has 6 nitrogen and oxygen atoms in total. The van der Waals surface area contributed by atoms with Crippen molar-refractivity contribution in [1.29, 1.82) is 0 Å². The van der Waals surface area contributed by atoms with E-state index < -0.39 is 4.92 Å². The van der Waals surface area contributed by atoms with Gasteiger partial charge in [0.15, 0.2) is 0 Å². The van der Waals surface area contributed by atoms with E-state index in [2.05, 4.69) is 10.3 Å². The van der Waals surface area contributed by atoms with Crippen molar-refractivity contribution in [2.45, 2.75) is 6.92 Å². The van der Waals surface area contributed by atoms with Crippen LogP contribution in [0.4, 0.5) is 17.1 Å². The van der Waals surface area contributed by atoms with Gasteiger partial charge in [-0.05, 0) is 42.0 Å². The van der Waals surface area contributed by atoms with Gasteiger partial charge in [-0.3, -0.25) is 19.9 Å². The summed E-state index contributed by atoms with van der Waals surface area (Å²) >= 11 is 0. The molecule has 0 saturated heterocycles. The van der Waals surface area contributed by atoms with Crippen LogP contribution in [-0.4, -0.2) is 17.0 Å². The molecule has 0 fully saturated rings. The first-order valence-corrected chi connectivity index (χ1v) is 6.21. The highest BCUT2D eigenvalue weighted by molar-refractivity contribution is 5.89. The highest BCUT2D eigenvalue weighted by Crippen LogP contribution is 2.17. The van der Waals surface area contributed by atoms with E-state index in [4.69, 9.17) is 0 Å². The largest absolute Gasteiger partial charge is 0.326 e. The number of rotatable bonds is 4. The van der Waals surface area contributed by atoms with E-state index in [0.717, 1.165) is 11.3 Å². The van der Waals surface area contributed by atoms with Crippen molar-refractivity contribution in [2.24, 2.45) is 4.99 Å². The van der Waals surface area contributed by atoms with Crippen molar-refractivity contribution in [3.8, 4) is 0 Å². The van der Waals surface area contributed by atoms with Crippen LogP contribution in [0.1, 0.15) is 12.5 Å². The number of carbonyl (C=O) groups excluding carboxylic acids is 1. The van der Waals surface area contributed by atoms with Gasteiger partial charge in [-0.2, -0.15) is 0 Å². The van der Waals surface area contributed by atoms with Gasteiger partial charge in [-0.1, -0.05) is 0 Å². The lowest BCUT2D eigenvalue weighted by Gasteiger charge is -2.01. The molecule has 0 aliphatic rings. The Bertz CT molecular complexity index is 676. The number of nitro benzene ring substituents is 1. The molecule has 0 spiro atoms. The Hall–Kier alpha value is -3.02. The average Bonchev–Trinajstić information content (AvgIpc) is 2.46. The number of amides is 1. The lowest BCUT2D eigenvalue weighted by atomic mass is 10.2. The Labute approximate surface area is 121 Å². The van der Waals surface area contributed by atoms with Crippen LogP contribution in [0.15, 0.2) is 53.5 Å². The van der Waals surface area contributed by atoms with Gasteiger partial charge < -0.3 is 5.32 Å². The number of hydrogen-bond donors (Lipinski definition) is 1. The second-order valence-corrected chi connectivity index (χ2v) is 4.33. The third-order valence-corrected chi connectivity index (χ3v) is 2.65. The number of nitrogens with zero attached hydrogens (tertiary/aromatic N) is 2. The van der Waals surface area contributed by atoms with E-state index in [0.29, 0.717) is 5.69 Å². The maximum absolute atomic E-state index is 10.9. The average molecular weight is 283 g/mol. The van der Waals surface area contributed by atoms with E-state index >= 15 is 0 Å². The maximum Gasteiger partial charge on any atom is 0.269 e. The zero-order valence-electron chi connectivity index (χ0n) is 11.3. The smallest absolute Gasteiger partial charge is 0.269 e. The SMILES string of the molecule is CC(=O)Nc1ccc(/N=C/c2ccc([N+](=O)[O-])cc2)cc1. The fraction of sp³-hybridized carbons (Fsp3) is 0.0667. The summed E-state index contributed by atoms with van der Waals surface area (Å²) < 4.78 is 0. The molecule has 106 valence electrons. The van der Waals surface area contributed by atoms with Gasteiger partial charge >= 0.3 is 0 Å². The predicted molar refractivity (Wildman–Crippen MR) is 81.1 cm³/mol. The summed E-state index contributed by atoms with van der Waals surface area (Å²) in [7, 11) is 0. The molecule has 0 aliphatic heterocycles.